The van der Waals surface area contributed by atoms with Crippen LogP contribution in [-0.4, -0.2) is 18.5 Å². The average molecular weight is 541 g/mol. The van der Waals surface area contributed by atoms with Crippen molar-refractivity contribution in [2.75, 3.05) is 22.5 Å². The molecule has 5 rings (SSSR count). The summed E-state index contributed by atoms with van der Waals surface area (Å²) >= 11 is 6.25. The highest BCUT2D eigenvalue weighted by molar-refractivity contribution is 6.31. The molecule has 3 aromatic rings. The first-order chi connectivity index (χ1) is 17.4. The van der Waals surface area contributed by atoms with Crippen molar-refractivity contribution in [2.45, 2.75) is 18.6 Å². The lowest BCUT2D eigenvalue weighted by Gasteiger charge is -2.35. The van der Waals surface area contributed by atoms with Gasteiger partial charge >= 0.3 is 12.2 Å². The number of nitrogens with two attached hydrogens (primary N) is 1. The molecule has 6 nitrogen and oxygen atoms in total. The molecule has 0 spiro atoms. The van der Waals surface area contributed by atoms with Crippen LogP contribution in [0.3, 0.4) is 0 Å². The van der Waals surface area contributed by atoms with Gasteiger partial charge in [0.1, 0.15) is 11.6 Å². The van der Waals surface area contributed by atoms with Crippen molar-refractivity contribution >= 4 is 40.6 Å². The predicted molar refractivity (Wildman–Crippen MR) is 123 cm³/mol. The van der Waals surface area contributed by atoms with Gasteiger partial charge in [0.2, 0.25) is 0 Å². The first-order valence-electron chi connectivity index (χ1n) is 10.7. The maximum absolute atomic E-state index is 15.6. The van der Waals surface area contributed by atoms with Crippen molar-refractivity contribution in [3.05, 3.63) is 86.7 Å². The normalized spacial score (nSPS) is 16.5. The van der Waals surface area contributed by atoms with Crippen LogP contribution in [0.5, 0.6) is 0 Å². The van der Waals surface area contributed by atoms with Crippen LogP contribution in [0.4, 0.5) is 48.2 Å². The van der Waals surface area contributed by atoms with Gasteiger partial charge in [-0.15, -0.1) is 0 Å². The number of hydrogen-bond donors (Lipinski definition) is 3. The predicted octanol–water partition coefficient (Wildman–Crippen LogP) is 5.79. The molecule has 2 aliphatic rings. The third-order valence-electron chi connectivity index (χ3n) is 6.24. The van der Waals surface area contributed by atoms with Crippen molar-refractivity contribution in [1.29, 1.82) is 0 Å². The minimum Gasteiger partial charge on any atom is -0.396 e. The largest absolute Gasteiger partial charge is 0.416 e. The molecular weight excluding hydrogens is 526 g/mol. The Morgan fingerprint density at radius 3 is 2.54 bits per heavy atom. The average Bonchev–Trinajstić information content (AvgIpc) is 3.28. The maximum atomic E-state index is 15.6. The number of urea groups is 1. The summed E-state index contributed by atoms with van der Waals surface area (Å²) < 4.78 is 83.1. The Kier molecular flexibility index (Phi) is 5.74. The molecule has 0 saturated heterocycles. The van der Waals surface area contributed by atoms with E-state index in [1.165, 1.54) is 11.0 Å². The van der Waals surface area contributed by atoms with E-state index in [9.17, 15) is 31.5 Å². The summed E-state index contributed by atoms with van der Waals surface area (Å²) in [5.74, 6) is -4.44. The zero-order chi connectivity index (χ0) is 26.8. The van der Waals surface area contributed by atoms with E-state index in [1.54, 1.807) is 0 Å². The molecule has 0 fully saturated rings. The minimum atomic E-state index is -4.95. The van der Waals surface area contributed by atoms with Crippen LogP contribution < -0.4 is 21.3 Å². The summed E-state index contributed by atoms with van der Waals surface area (Å²) in [6.07, 6.45) is -4.77. The number of rotatable bonds is 3. The second kappa shape index (κ2) is 8.58. The minimum absolute atomic E-state index is 0.0151. The van der Waals surface area contributed by atoms with Crippen LogP contribution >= 0.6 is 11.6 Å². The number of nitrogens with zero attached hydrogens (tertiary/aromatic N) is 1. The first-order valence-corrected chi connectivity index (χ1v) is 11.1. The second-order valence-corrected chi connectivity index (χ2v) is 8.88. The lowest BCUT2D eigenvalue weighted by Crippen LogP contribution is -2.46. The number of halogens is 7. The number of nitrogen functional groups attached to an aromatic ring is 1. The molecule has 37 heavy (non-hydrogen) atoms. The molecule has 0 saturated carbocycles. The number of anilines is 3. The number of benzene rings is 3. The fraction of sp³-hybridized carbons (Fsp3) is 0.167. The summed E-state index contributed by atoms with van der Waals surface area (Å²) in [4.78, 5) is 27.0. The van der Waals surface area contributed by atoms with Gasteiger partial charge in [0, 0.05) is 33.8 Å². The van der Waals surface area contributed by atoms with Gasteiger partial charge in [-0.2, -0.15) is 13.2 Å². The van der Waals surface area contributed by atoms with Crippen LogP contribution in [-0.2, 0) is 12.6 Å². The number of amides is 3. The van der Waals surface area contributed by atoms with E-state index in [0.717, 1.165) is 12.1 Å². The van der Waals surface area contributed by atoms with Crippen molar-refractivity contribution in [1.82, 2.24) is 5.32 Å². The maximum Gasteiger partial charge on any atom is 0.416 e. The van der Waals surface area contributed by atoms with Crippen LogP contribution in [0.15, 0.2) is 36.4 Å². The van der Waals surface area contributed by atoms with Crippen LogP contribution in [0, 0.1) is 17.5 Å². The Morgan fingerprint density at radius 1 is 1.11 bits per heavy atom. The molecule has 0 aliphatic carbocycles. The van der Waals surface area contributed by atoms with E-state index in [2.05, 4.69) is 10.6 Å². The van der Waals surface area contributed by atoms with Gasteiger partial charge in [-0.1, -0.05) is 11.6 Å². The zero-order valence-electron chi connectivity index (χ0n) is 18.4. The van der Waals surface area contributed by atoms with E-state index >= 15 is 4.39 Å². The number of nitrogens with one attached hydrogen (secondary N) is 2. The van der Waals surface area contributed by atoms with E-state index < -0.39 is 58.4 Å². The molecule has 3 amide bonds. The highest BCUT2D eigenvalue weighted by Gasteiger charge is 2.42. The van der Waals surface area contributed by atoms with E-state index in [4.69, 9.17) is 17.3 Å². The quantitative estimate of drug-likeness (QED) is 0.290. The molecule has 2 aliphatic heterocycles. The third kappa shape index (κ3) is 4.10. The Bertz CT molecular complexity index is 1490. The molecule has 1 unspecified atom stereocenters. The fourth-order valence-electron chi connectivity index (χ4n) is 4.61. The molecule has 3 aromatic carbocycles. The monoisotopic (exact) mass is 540 g/mol. The van der Waals surface area contributed by atoms with E-state index in [0.29, 0.717) is 12.1 Å². The molecular formula is C24H15ClF6N4O2. The topological polar surface area (TPSA) is 87.5 Å². The number of carbonyl (C=O) groups is 2. The fourth-order valence-corrected chi connectivity index (χ4v) is 4.84. The Hall–Kier alpha value is -3.93. The van der Waals surface area contributed by atoms with Crippen molar-refractivity contribution in [3.8, 4) is 0 Å². The summed E-state index contributed by atoms with van der Waals surface area (Å²) in [6, 6.07) is 2.62. The van der Waals surface area contributed by atoms with Crippen LogP contribution in [0.2, 0.25) is 5.02 Å². The molecule has 1 atom stereocenters. The SMILES string of the molecule is Nc1c(F)c(NC(=O)c2cc(F)cc(C(F)(F)F)c2)c2c3c1CCN3C(=O)NC2c1cc(F)ccc1Cl. The lowest BCUT2D eigenvalue weighted by molar-refractivity contribution is -0.137. The summed E-state index contributed by atoms with van der Waals surface area (Å²) in [7, 11) is 0. The van der Waals surface area contributed by atoms with Crippen LogP contribution in [0.1, 0.15) is 38.7 Å². The van der Waals surface area contributed by atoms with Gasteiger partial charge in [-0.05, 0) is 42.8 Å². The molecule has 0 aromatic heterocycles. The Labute approximate surface area is 210 Å². The molecule has 0 bridgehead atoms. The van der Waals surface area contributed by atoms with E-state index in [1.807, 2.05) is 0 Å². The molecule has 192 valence electrons. The number of carbonyl (C=O) groups excluding carboxylic acids is 2. The van der Waals surface area contributed by atoms with Crippen molar-refractivity contribution in [2.24, 2.45) is 0 Å². The third-order valence-corrected chi connectivity index (χ3v) is 6.59. The molecule has 4 N–H and O–H groups in total. The lowest BCUT2D eigenvalue weighted by atomic mass is 9.90. The summed E-state index contributed by atoms with van der Waals surface area (Å²) in [5, 5.41) is 4.80. The van der Waals surface area contributed by atoms with Crippen molar-refractivity contribution in [3.63, 3.8) is 0 Å². The standard InChI is InChI=1S/C24H15ClF6N4O2/c25-15-2-1-11(26)8-14(15)19-16-20(17(28)18(32)13-3-4-35(21(13)16)23(37)34-19)33-22(36)9-5-10(24(29,30)31)7-12(27)6-9/h1-2,5-8,19H,3-4,32H2,(H,33,36)(H,34,37). The molecule has 2 heterocycles. The first kappa shape index (κ1) is 24.8. The van der Waals surface area contributed by atoms with Gasteiger partial charge < -0.3 is 16.4 Å². The van der Waals surface area contributed by atoms with Gasteiger partial charge in [-0.25, -0.2) is 18.0 Å². The Morgan fingerprint density at radius 2 is 1.84 bits per heavy atom. The number of hydrogen-bond acceptors (Lipinski definition) is 3. The number of alkyl halides is 3. The van der Waals surface area contributed by atoms with E-state index in [-0.39, 0.29) is 52.1 Å². The van der Waals surface area contributed by atoms with Crippen LogP contribution in [0.25, 0.3) is 0 Å². The van der Waals surface area contributed by atoms with Gasteiger partial charge in [0.15, 0.2) is 5.82 Å². The molecule has 0 radical (unpaired) electrons. The van der Waals surface area contributed by atoms with Gasteiger partial charge in [0.05, 0.1) is 28.7 Å². The smallest absolute Gasteiger partial charge is 0.396 e. The summed E-state index contributed by atoms with van der Waals surface area (Å²) in [5.41, 5.74) is 3.28. The van der Waals surface area contributed by atoms with Gasteiger partial charge in [0.25, 0.3) is 5.91 Å². The van der Waals surface area contributed by atoms with Gasteiger partial charge in [-0.3, -0.25) is 9.69 Å². The second-order valence-electron chi connectivity index (χ2n) is 8.47. The Balaban J connectivity index is 1.69. The summed E-state index contributed by atoms with van der Waals surface area (Å²) in [6.45, 7) is 0.123. The highest BCUT2D eigenvalue weighted by Crippen LogP contribution is 2.50. The van der Waals surface area contributed by atoms with Crippen molar-refractivity contribution < 1.29 is 35.9 Å². The zero-order valence-corrected chi connectivity index (χ0v) is 19.2. The molecule has 13 heteroatoms. The highest BCUT2D eigenvalue weighted by atomic mass is 35.5.